The second-order valence-electron chi connectivity index (χ2n) is 5.75. The molecule has 1 aromatic heterocycles. The Bertz CT molecular complexity index is 1180. The largest absolute Gasteiger partial charge is 0.490 e. The van der Waals surface area contributed by atoms with E-state index in [2.05, 4.69) is 9.71 Å². The van der Waals surface area contributed by atoms with Gasteiger partial charge in [-0.2, -0.15) is 0 Å². The Morgan fingerprint density at radius 3 is 2.62 bits per heavy atom. The summed E-state index contributed by atoms with van der Waals surface area (Å²) < 4.78 is 58.5. The summed E-state index contributed by atoms with van der Waals surface area (Å²) in [6.45, 7) is 0. The Kier molecular flexibility index (Phi) is 5.75. The summed E-state index contributed by atoms with van der Waals surface area (Å²) in [7, 11) is -2.90. The number of nitrogens with one attached hydrogen (secondary N) is 1. The molecule has 0 fully saturated rings. The van der Waals surface area contributed by atoms with Crippen molar-refractivity contribution in [1.29, 1.82) is 0 Å². The van der Waals surface area contributed by atoms with Crippen LogP contribution in [0.5, 0.6) is 5.75 Å². The van der Waals surface area contributed by atoms with Gasteiger partial charge in [0.15, 0.2) is 22.5 Å². The molecule has 0 spiro atoms. The highest BCUT2D eigenvalue weighted by Gasteiger charge is 2.23. The molecule has 0 bridgehead atoms. The first-order valence-corrected chi connectivity index (χ1v) is 10.2. The Balaban J connectivity index is 1.80. The molecular weight excluding hydrogens is 428 g/mol. The first-order valence-electron chi connectivity index (χ1n) is 7.93. The molecule has 8 nitrogen and oxygen atoms in total. The number of nitro groups is 1. The van der Waals surface area contributed by atoms with E-state index in [4.69, 9.17) is 4.74 Å². The van der Waals surface area contributed by atoms with Gasteiger partial charge in [0, 0.05) is 23.6 Å². The highest BCUT2D eigenvalue weighted by Crippen LogP contribution is 2.31. The van der Waals surface area contributed by atoms with Gasteiger partial charge in [-0.3, -0.25) is 14.8 Å². The van der Waals surface area contributed by atoms with Crippen LogP contribution < -0.4 is 9.46 Å². The third-order valence-corrected chi connectivity index (χ3v) is 6.17. The number of nitrogens with zero attached hydrogens (tertiary/aromatic N) is 2. The molecule has 0 saturated heterocycles. The van der Waals surface area contributed by atoms with Crippen LogP contribution >= 0.6 is 11.3 Å². The number of sulfonamides is 1. The van der Waals surface area contributed by atoms with Gasteiger partial charge < -0.3 is 4.74 Å². The van der Waals surface area contributed by atoms with Gasteiger partial charge in [0.1, 0.15) is 0 Å². The number of methoxy groups -OCH3 is 1. The SMILES string of the molecule is COc1ccc(S(=O)(=O)Nc2ncc(Cc3ccc(F)c(F)c3)s2)cc1[N+](=O)[O-]. The first kappa shape index (κ1) is 20.6. The van der Waals surface area contributed by atoms with Crippen molar-refractivity contribution in [3.8, 4) is 5.75 Å². The lowest BCUT2D eigenvalue weighted by atomic mass is 10.1. The van der Waals surface area contributed by atoms with Crippen LogP contribution in [0.4, 0.5) is 19.6 Å². The summed E-state index contributed by atoms with van der Waals surface area (Å²) in [4.78, 5) is 14.6. The van der Waals surface area contributed by atoms with Gasteiger partial charge in [-0.05, 0) is 29.8 Å². The lowest BCUT2D eigenvalue weighted by Crippen LogP contribution is -2.13. The van der Waals surface area contributed by atoms with Crippen LogP contribution in [0.25, 0.3) is 0 Å². The van der Waals surface area contributed by atoms with Crippen molar-refractivity contribution in [3.63, 3.8) is 0 Å². The molecule has 12 heteroatoms. The molecule has 2 aromatic carbocycles. The number of nitro benzene ring substituents is 1. The number of ether oxygens (including phenoxy) is 1. The van der Waals surface area contributed by atoms with Crippen molar-refractivity contribution in [1.82, 2.24) is 4.98 Å². The van der Waals surface area contributed by atoms with Gasteiger partial charge in [-0.25, -0.2) is 22.2 Å². The van der Waals surface area contributed by atoms with E-state index in [1.807, 2.05) is 0 Å². The Morgan fingerprint density at radius 1 is 1.21 bits per heavy atom. The zero-order chi connectivity index (χ0) is 21.2. The van der Waals surface area contributed by atoms with E-state index in [0.717, 1.165) is 29.5 Å². The van der Waals surface area contributed by atoms with Gasteiger partial charge in [0.25, 0.3) is 10.0 Å². The minimum absolute atomic E-state index is 0.0288. The standard InChI is InChI=1S/C17H13F2N3O5S2/c1-27-16-5-3-12(8-15(16)22(23)24)29(25,26)21-17-20-9-11(28-17)6-10-2-4-13(18)14(19)7-10/h2-5,7-9H,6H2,1H3,(H,20,21). The quantitative estimate of drug-likeness (QED) is 0.442. The smallest absolute Gasteiger partial charge is 0.312 e. The molecule has 0 unspecified atom stereocenters. The summed E-state index contributed by atoms with van der Waals surface area (Å²) in [6, 6.07) is 6.71. The molecule has 0 radical (unpaired) electrons. The average Bonchev–Trinajstić information content (AvgIpc) is 3.10. The van der Waals surface area contributed by atoms with Crippen LogP contribution in [0.3, 0.4) is 0 Å². The summed E-state index contributed by atoms with van der Waals surface area (Å²) >= 11 is 1.00. The Morgan fingerprint density at radius 2 is 1.97 bits per heavy atom. The minimum Gasteiger partial charge on any atom is -0.490 e. The monoisotopic (exact) mass is 441 g/mol. The van der Waals surface area contributed by atoms with Crippen molar-refractivity contribution in [2.75, 3.05) is 11.8 Å². The van der Waals surface area contributed by atoms with Gasteiger partial charge in [-0.15, -0.1) is 11.3 Å². The van der Waals surface area contributed by atoms with Gasteiger partial charge >= 0.3 is 5.69 Å². The van der Waals surface area contributed by atoms with E-state index in [-0.39, 0.29) is 22.2 Å². The third kappa shape index (κ3) is 4.66. The molecular formula is C17H13F2N3O5S2. The number of halogens is 2. The lowest BCUT2D eigenvalue weighted by Gasteiger charge is -2.07. The zero-order valence-corrected chi connectivity index (χ0v) is 16.4. The lowest BCUT2D eigenvalue weighted by molar-refractivity contribution is -0.386. The molecule has 0 aliphatic carbocycles. The third-order valence-electron chi connectivity index (χ3n) is 3.79. The minimum atomic E-state index is -4.14. The number of hydrogen-bond acceptors (Lipinski definition) is 7. The number of benzene rings is 2. The fraction of sp³-hybridized carbons (Fsp3) is 0.118. The molecule has 152 valence electrons. The number of hydrogen-bond donors (Lipinski definition) is 1. The van der Waals surface area contributed by atoms with Crippen LogP contribution in [0, 0.1) is 21.7 Å². The topological polar surface area (TPSA) is 111 Å². The maximum atomic E-state index is 13.3. The van der Waals surface area contributed by atoms with E-state index in [0.29, 0.717) is 10.4 Å². The summed E-state index contributed by atoms with van der Waals surface area (Å²) in [6.07, 6.45) is 1.63. The Hall–Kier alpha value is -3.12. The van der Waals surface area contributed by atoms with Crippen molar-refractivity contribution in [2.45, 2.75) is 11.3 Å². The molecule has 29 heavy (non-hydrogen) atoms. The summed E-state index contributed by atoms with van der Waals surface area (Å²) in [5.74, 6) is -2.01. The van der Waals surface area contributed by atoms with Crippen LogP contribution in [0.15, 0.2) is 47.5 Å². The molecule has 3 aromatic rings. The number of rotatable bonds is 7. The fourth-order valence-electron chi connectivity index (χ4n) is 2.44. The maximum absolute atomic E-state index is 13.3. The second kappa shape index (κ2) is 8.09. The predicted octanol–water partition coefficient (Wildman–Crippen LogP) is 3.73. The van der Waals surface area contributed by atoms with Crippen LogP contribution in [-0.2, 0) is 16.4 Å². The average molecular weight is 441 g/mol. The molecule has 0 aliphatic rings. The normalized spacial score (nSPS) is 11.3. The molecule has 0 amide bonds. The highest BCUT2D eigenvalue weighted by atomic mass is 32.2. The van der Waals surface area contributed by atoms with Crippen molar-refractivity contribution >= 4 is 32.2 Å². The van der Waals surface area contributed by atoms with Crippen molar-refractivity contribution in [2.24, 2.45) is 0 Å². The van der Waals surface area contributed by atoms with E-state index in [1.54, 1.807) is 0 Å². The van der Waals surface area contributed by atoms with Crippen molar-refractivity contribution in [3.05, 3.63) is 74.8 Å². The van der Waals surface area contributed by atoms with Crippen LogP contribution in [-0.4, -0.2) is 25.4 Å². The first-order chi connectivity index (χ1) is 13.7. The Labute approximate surface area is 168 Å². The van der Waals surface area contributed by atoms with E-state index in [1.165, 1.54) is 31.5 Å². The molecule has 1 N–H and O–H groups in total. The molecule has 0 atom stereocenters. The van der Waals surface area contributed by atoms with Gasteiger partial charge in [-0.1, -0.05) is 6.07 Å². The van der Waals surface area contributed by atoms with E-state index >= 15 is 0 Å². The molecule has 0 saturated carbocycles. The van der Waals surface area contributed by atoms with E-state index in [9.17, 15) is 27.3 Å². The highest BCUT2D eigenvalue weighted by molar-refractivity contribution is 7.93. The van der Waals surface area contributed by atoms with Crippen LogP contribution in [0.2, 0.25) is 0 Å². The van der Waals surface area contributed by atoms with E-state index < -0.39 is 32.3 Å². The summed E-state index contributed by atoms with van der Waals surface area (Å²) in [5, 5.41) is 11.1. The van der Waals surface area contributed by atoms with Gasteiger partial charge in [0.05, 0.1) is 16.9 Å². The molecule has 3 rings (SSSR count). The summed E-state index contributed by atoms with van der Waals surface area (Å²) in [5.41, 5.74) is 0.00118. The molecule has 0 aliphatic heterocycles. The molecule has 1 heterocycles. The number of aromatic nitrogens is 1. The maximum Gasteiger partial charge on any atom is 0.312 e. The van der Waals surface area contributed by atoms with Crippen LogP contribution in [0.1, 0.15) is 10.4 Å². The number of thiazole rings is 1. The van der Waals surface area contributed by atoms with Crippen molar-refractivity contribution < 1.29 is 26.9 Å². The predicted molar refractivity (Wildman–Crippen MR) is 102 cm³/mol. The fourth-order valence-corrected chi connectivity index (χ4v) is 4.55. The zero-order valence-electron chi connectivity index (χ0n) is 14.8. The number of anilines is 1. The van der Waals surface area contributed by atoms with Gasteiger partial charge in [0.2, 0.25) is 0 Å². The second-order valence-corrected chi connectivity index (χ2v) is 8.55.